The molecule has 1 saturated heterocycles. The van der Waals surface area contributed by atoms with Crippen LogP contribution in [0.15, 0.2) is 0 Å². The number of carbonyl (C=O) groups excluding carboxylic acids is 1. The quantitative estimate of drug-likeness (QED) is 0.844. The van der Waals surface area contributed by atoms with Crippen LogP contribution in [0.25, 0.3) is 0 Å². The minimum Gasteiger partial charge on any atom is -0.444 e. The second-order valence-electron chi connectivity index (χ2n) is 5.96. The highest BCUT2D eigenvalue weighted by molar-refractivity contribution is 5.68. The number of piperidine rings is 1. The first-order valence-corrected chi connectivity index (χ1v) is 6.77. The molecule has 4 nitrogen and oxygen atoms in total. The molecule has 0 saturated carbocycles. The van der Waals surface area contributed by atoms with Crippen molar-refractivity contribution in [2.75, 3.05) is 19.6 Å². The van der Waals surface area contributed by atoms with Gasteiger partial charge >= 0.3 is 6.09 Å². The molecule has 1 fully saturated rings. The number of hydrogen-bond acceptors (Lipinski definition) is 3. The van der Waals surface area contributed by atoms with Crippen molar-refractivity contribution in [3.63, 3.8) is 0 Å². The molecule has 0 atom stereocenters. The first-order chi connectivity index (χ1) is 9.07. The van der Waals surface area contributed by atoms with Crippen LogP contribution in [-0.4, -0.2) is 41.3 Å². The molecule has 0 aromatic rings. The fraction of sp³-hybridized carbons (Fsp3) is 0.929. The lowest BCUT2D eigenvalue weighted by atomic mass is 9.92. The van der Waals surface area contributed by atoms with Gasteiger partial charge in [-0.3, -0.25) is 0 Å². The van der Waals surface area contributed by atoms with Crippen molar-refractivity contribution < 1.29 is 17.4 Å². The van der Waals surface area contributed by atoms with Crippen LogP contribution in [0, 0.1) is 5.92 Å². The number of nitrogens with zero attached hydrogens (tertiary/aromatic N) is 1. The van der Waals surface area contributed by atoms with Crippen LogP contribution in [0.5, 0.6) is 0 Å². The minimum absolute atomic E-state index is 0.180. The maximum Gasteiger partial charge on any atom is 0.410 e. The predicted octanol–water partition coefficient (Wildman–Crippen LogP) is 2.80. The van der Waals surface area contributed by atoms with Crippen LogP contribution in [0.1, 0.15) is 55.6 Å². The summed E-state index contributed by atoms with van der Waals surface area (Å²) in [6.45, 7) is 4.93. The Labute approximate surface area is 113 Å². The van der Waals surface area contributed by atoms with Crippen LogP contribution in [0.4, 0.5) is 4.79 Å². The second-order valence-corrected chi connectivity index (χ2v) is 5.96. The Hall–Kier alpha value is -0.770. The number of ether oxygens (including phenoxy) is 1. The van der Waals surface area contributed by atoms with Crippen molar-refractivity contribution in [1.82, 2.24) is 4.90 Å². The largest absolute Gasteiger partial charge is 0.444 e. The van der Waals surface area contributed by atoms with Crippen molar-refractivity contribution in [3.05, 3.63) is 0 Å². The van der Waals surface area contributed by atoms with Crippen molar-refractivity contribution in [2.45, 2.75) is 58.5 Å². The zero-order valence-corrected chi connectivity index (χ0v) is 11.7. The van der Waals surface area contributed by atoms with E-state index in [9.17, 15) is 4.79 Å². The van der Waals surface area contributed by atoms with Gasteiger partial charge in [-0.1, -0.05) is 12.8 Å². The molecule has 1 aliphatic rings. The summed E-state index contributed by atoms with van der Waals surface area (Å²) in [4.78, 5) is 13.6. The summed E-state index contributed by atoms with van der Waals surface area (Å²) in [7, 11) is 0. The molecule has 18 heavy (non-hydrogen) atoms. The lowest BCUT2D eigenvalue weighted by molar-refractivity contribution is 0.0180. The SMILES string of the molecule is [2H]C([2H])(O)CCCC1CCN(C(=O)OC(C)(C)C)CC1. The van der Waals surface area contributed by atoms with Gasteiger partial charge in [0.05, 0.1) is 2.74 Å². The summed E-state index contributed by atoms with van der Waals surface area (Å²) < 4.78 is 19.5. The molecular weight excluding hydrogens is 230 g/mol. The molecule has 0 aliphatic carbocycles. The maximum atomic E-state index is 11.9. The van der Waals surface area contributed by atoms with Gasteiger partial charge in [-0.25, -0.2) is 4.79 Å². The van der Waals surface area contributed by atoms with E-state index in [1.54, 1.807) is 4.90 Å². The Bertz CT molecular complexity index is 315. The zero-order valence-electron chi connectivity index (χ0n) is 13.7. The molecular formula is C14H27NO3. The van der Waals surface area contributed by atoms with Gasteiger partial charge in [0, 0.05) is 19.6 Å². The lowest BCUT2D eigenvalue weighted by Crippen LogP contribution is -2.41. The summed E-state index contributed by atoms with van der Waals surface area (Å²) in [5, 5.41) is 9.03. The van der Waals surface area contributed by atoms with E-state index >= 15 is 0 Å². The molecule has 0 aromatic carbocycles. The predicted molar refractivity (Wildman–Crippen MR) is 71.5 cm³/mol. The van der Waals surface area contributed by atoms with Crippen LogP contribution >= 0.6 is 0 Å². The average molecular weight is 259 g/mol. The average Bonchev–Trinajstić information content (AvgIpc) is 2.25. The molecule has 4 heteroatoms. The van der Waals surface area contributed by atoms with Crippen LogP contribution in [-0.2, 0) is 4.74 Å². The van der Waals surface area contributed by atoms with Gasteiger partial charge in [0.15, 0.2) is 0 Å². The molecule has 0 aromatic heterocycles. The first-order valence-electron chi connectivity index (χ1n) is 7.77. The zero-order chi connectivity index (χ0) is 15.4. The number of aliphatic hydroxyl groups is 1. The maximum absolute atomic E-state index is 11.9. The third-order valence-corrected chi connectivity index (χ3v) is 3.17. The van der Waals surface area contributed by atoms with Crippen LogP contribution < -0.4 is 0 Å². The highest BCUT2D eigenvalue weighted by atomic mass is 16.6. The topological polar surface area (TPSA) is 49.8 Å². The monoisotopic (exact) mass is 259 g/mol. The normalized spacial score (nSPS) is 20.3. The fourth-order valence-electron chi connectivity index (χ4n) is 2.20. The van der Waals surface area contributed by atoms with Crippen molar-refractivity contribution in [2.24, 2.45) is 5.92 Å². The highest BCUT2D eigenvalue weighted by Gasteiger charge is 2.26. The van der Waals surface area contributed by atoms with E-state index in [0.717, 1.165) is 19.3 Å². The lowest BCUT2D eigenvalue weighted by Gasteiger charge is -2.33. The molecule has 0 unspecified atom stereocenters. The highest BCUT2D eigenvalue weighted by Crippen LogP contribution is 2.23. The number of hydrogen-bond donors (Lipinski definition) is 1. The number of carbonyl (C=O) groups is 1. The molecule has 1 amide bonds. The summed E-state index contributed by atoms with van der Waals surface area (Å²) in [6.07, 6.45) is 3.37. The molecule has 1 rings (SSSR count). The Morgan fingerprint density at radius 3 is 2.50 bits per heavy atom. The van der Waals surface area contributed by atoms with Gasteiger partial charge in [-0.15, -0.1) is 0 Å². The summed E-state index contributed by atoms with van der Waals surface area (Å²) >= 11 is 0. The molecule has 0 bridgehead atoms. The van der Waals surface area contributed by atoms with Crippen LogP contribution in [0.3, 0.4) is 0 Å². The van der Waals surface area contributed by atoms with Crippen molar-refractivity contribution in [3.8, 4) is 0 Å². The molecule has 1 aliphatic heterocycles. The Morgan fingerprint density at radius 2 is 2.00 bits per heavy atom. The summed E-state index contributed by atoms with van der Waals surface area (Å²) in [5.74, 6) is 0.510. The van der Waals surface area contributed by atoms with E-state index < -0.39 is 12.2 Å². The third-order valence-electron chi connectivity index (χ3n) is 3.17. The summed E-state index contributed by atoms with van der Waals surface area (Å²) in [5.41, 5.74) is -0.458. The van der Waals surface area contributed by atoms with E-state index in [4.69, 9.17) is 12.6 Å². The molecule has 0 spiro atoms. The van der Waals surface area contributed by atoms with Crippen molar-refractivity contribution >= 4 is 6.09 Å². The number of likely N-dealkylation sites (tertiary alicyclic amines) is 1. The first kappa shape index (κ1) is 12.3. The van der Waals surface area contributed by atoms with Gasteiger partial charge in [0.1, 0.15) is 5.60 Å². The van der Waals surface area contributed by atoms with E-state index in [2.05, 4.69) is 0 Å². The summed E-state index contributed by atoms with van der Waals surface area (Å²) in [6, 6.07) is 0. The molecule has 0 radical (unpaired) electrons. The van der Waals surface area contributed by atoms with Gasteiger partial charge in [-0.2, -0.15) is 0 Å². The van der Waals surface area contributed by atoms with Gasteiger partial charge in [-0.05, 0) is 46.0 Å². The van der Waals surface area contributed by atoms with Crippen molar-refractivity contribution in [1.29, 1.82) is 0 Å². The van der Waals surface area contributed by atoms with E-state index in [0.29, 0.717) is 25.4 Å². The van der Waals surface area contributed by atoms with Gasteiger partial charge in [0.2, 0.25) is 0 Å². The molecule has 1 N–H and O–H groups in total. The van der Waals surface area contributed by atoms with E-state index in [1.165, 1.54) is 0 Å². The smallest absolute Gasteiger partial charge is 0.410 e. The number of rotatable bonds is 4. The van der Waals surface area contributed by atoms with Gasteiger partial charge < -0.3 is 14.7 Å². The van der Waals surface area contributed by atoms with Crippen LogP contribution in [0.2, 0.25) is 0 Å². The Balaban J connectivity index is 2.25. The number of amides is 1. The van der Waals surface area contributed by atoms with Gasteiger partial charge in [0.25, 0.3) is 0 Å². The molecule has 106 valence electrons. The Morgan fingerprint density at radius 1 is 1.39 bits per heavy atom. The van der Waals surface area contributed by atoms with E-state index in [1.807, 2.05) is 20.8 Å². The fourth-order valence-corrected chi connectivity index (χ4v) is 2.20. The van der Waals surface area contributed by atoms with E-state index in [-0.39, 0.29) is 12.5 Å². The third kappa shape index (κ3) is 5.71. The minimum atomic E-state index is -2.06. The molecule has 1 heterocycles. The second kappa shape index (κ2) is 6.98. The Kier molecular flexibility index (Phi) is 4.76. The standard InChI is InChI=1S/C14H27NO3/c1-14(2,3)18-13(17)15-9-7-12(8-10-15)6-4-5-11-16/h12,16H,4-11H2,1-3H3/i11D2.